The fourth-order valence-corrected chi connectivity index (χ4v) is 8.72. The van der Waals surface area contributed by atoms with Gasteiger partial charge in [-0.2, -0.15) is 5.10 Å². The van der Waals surface area contributed by atoms with Crippen LogP contribution >= 0.6 is 23.2 Å². The van der Waals surface area contributed by atoms with E-state index in [9.17, 15) is 9.90 Å². The molecule has 56 heavy (non-hydrogen) atoms. The van der Waals surface area contributed by atoms with Crippen molar-refractivity contribution < 1.29 is 19.4 Å². The molecule has 3 aromatic heterocycles. The second-order valence-corrected chi connectivity index (χ2v) is 16.1. The summed E-state index contributed by atoms with van der Waals surface area (Å²) in [5.41, 5.74) is 10.2. The van der Waals surface area contributed by atoms with Crippen molar-refractivity contribution in [2.75, 3.05) is 50.6 Å². The van der Waals surface area contributed by atoms with E-state index in [2.05, 4.69) is 21.7 Å². The summed E-state index contributed by atoms with van der Waals surface area (Å²) < 4.78 is 12.1. The molecule has 2 N–H and O–H groups in total. The predicted molar refractivity (Wildman–Crippen MR) is 227 cm³/mol. The number of benzene rings is 3. The van der Waals surface area contributed by atoms with Crippen molar-refractivity contribution >= 4 is 68.3 Å². The summed E-state index contributed by atoms with van der Waals surface area (Å²) in [4.78, 5) is 31.7. The second-order valence-electron chi connectivity index (χ2n) is 15.4. The van der Waals surface area contributed by atoms with Gasteiger partial charge in [0.15, 0.2) is 0 Å². The molecule has 4 heterocycles. The van der Waals surface area contributed by atoms with Crippen LogP contribution in [0.4, 0.5) is 11.4 Å². The van der Waals surface area contributed by atoms with E-state index in [0.717, 1.165) is 73.1 Å². The molecule has 3 aromatic carbocycles. The molecular formula is C43H49Cl2N7O4. The molecule has 1 aliphatic rings. The number of likely N-dealkylation sites (N-methyl/N-ethyl adjacent to an activating group) is 1. The zero-order chi connectivity index (χ0) is 40.3. The summed E-state index contributed by atoms with van der Waals surface area (Å²) in [7, 11) is 7.76. The van der Waals surface area contributed by atoms with E-state index in [4.69, 9.17) is 33.0 Å². The molecule has 11 nitrogen and oxygen atoms in total. The van der Waals surface area contributed by atoms with Crippen LogP contribution in [0.1, 0.15) is 68.3 Å². The van der Waals surface area contributed by atoms with E-state index in [1.54, 1.807) is 6.20 Å². The third kappa shape index (κ3) is 6.79. The number of aromatic nitrogens is 4. The van der Waals surface area contributed by atoms with Crippen LogP contribution in [-0.4, -0.2) is 81.1 Å². The van der Waals surface area contributed by atoms with Gasteiger partial charge in [0.2, 0.25) is 0 Å². The summed E-state index contributed by atoms with van der Waals surface area (Å²) in [6.07, 6.45) is 2.83. The molecule has 1 amide bonds. The van der Waals surface area contributed by atoms with Crippen LogP contribution in [0.3, 0.4) is 0 Å². The molecule has 0 unspecified atom stereocenters. The van der Waals surface area contributed by atoms with Gasteiger partial charge in [0, 0.05) is 84.3 Å². The first kappa shape index (κ1) is 39.3. The highest BCUT2D eigenvalue weighted by Gasteiger charge is 2.38. The number of nitrogens with one attached hydrogen (secondary N) is 1. The highest BCUT2D eigenvalue weighted by molar-refractivity contribution is 6.35. The van der Waals surface area contributed by atoms with Crippen molar-refractivity contribution in [2.45, 2.75) is 53.5 Å². The van der Waals surface area contributed by atoms with Crippen molar-refractivity contribution in [1.29, 1.82) is 0 Å². The Hall–Kier alpha value is -4.97. The topological polar surface area (TPSA) is 110 Å². The number of carboxylic acids is 1. The normalized spacial score (nSPS) is 14.4. The Balaban J connectivity index is 1.39. The molecular weight excluding hydrogens is 749 g/mol. The summed E-state index contributed by atoms with van der Waals surface area (Å²) in [6.45, 7) is 12.3. The first-order valence-electron chi connectivity index (χ1n) is 18.9. The van der Waals surface area contributed by atoms with E-state index in [1.165, 1.54) is 0 Å². The number of hydrogen-bond donors (Lipinski definition) is 2. The molecule has 13 heteroatoms. The SMILES string of the molecule is Cc1cc(OCCCc2c3n(c4c(-c5c(C)nn(C)c5C)c(Cl)ccc24)[C@H](C)CN(c2cc(NCCN(C)C)cc4c(C(=O)O)cn(C)c24)C3=O)cc(C)c1Cl. The second kappa shape index (κ2) is 15.2. The number of aromatic carboxylic acids is 1. The Morgan fingerprint density at radius 1 is 1.02 bits per heavy atom. The molecule has 6 aromatic rings. The van der Waals surface area contributed by atoms with Gasteiger partial charge in [-0.3, -0.25) is 9.48 Å². The van der Waals surface area contributed by atoms with Crippen LogP contribution in [0.15, 0.2) is 42.6 Å². The lowest BCUT2D eigenvalue weighted by Gasteiger charge is -2.35. The molecule has 0 aliphatic carbocycles. The Kier molecular flexibility index (Phi) is 10.6. The van der Waals surface area contributed by atoms with Gasteiger partial charge in [-0.25, -0.2) is 4.79 Å². The molecule has 0 fully saturated rings. The van der Waals surface area contributed by atoms with E-state index < -0.39 is 5.97 Å². The first-order valence-corrected chi connectivity index (χ1v) is 19.7. The molecule has 0 saturated carbocycles. The largest absolute Gasteiger partial charge is 0.494 e. The molecule has 0 radical (unpaired) electrons. The van der Waals surface area contributed by atoms with Gasteiger partial charge in [-0.15, -0.1) is 0 Å². The summed E-state index contributed by atoms with van der Waals surface area (Å²) in [5, 5.41) is 21.3. The number of anilines is 2. The van der Waals surface area contributed by atoms with E-state index in [1.807, 2.05) is 106 Å². The minimum Gasteiger partial charge on any atom is -0.494 e. The monoisotopic (exact) mass is 797 g/mol. The van der Waals surface area contributed by atoms with E-state index in [-0.39, 0.29) is 17.5 Å². The Morgan fingerprint density at radius 2 is 1.73 bits per heavy atom. The number of hydrogen-bond acceptors (Lipinski definition) is 6. The van der Waals surface area contributed by atoms with Crippen LogP contribution in [0.5, 0.6) is 5.75 Å². The van der Waals surface area contributed by atoms with Crippen LogP contribution in [-0.2, 0) is 20.5 Å². The van der Waals surface area contributed by atoms with Crippen LogP contribution in [0.2, 0.25) is 10.0 Å². The average molecular weight is 799 g/mol. The van der Waals surface area contributed by atoms with Gasteiger partial charge < -0.3 is 34.1 Å². The van der Waals surface area contributed by atoms with Crippen LogP contribution in [0, 0.1) is 27.7 Å². The number of rotatable bonds is 12. The number of carboxylic acid groups (broad SMARTS) is 1. The summed E-state index contributed by atoms with van der Waals surface area (Å²) >= 11 is 13.6. The molecule has 294 valence electrons. The number of amides is 1. The zero-order valence-corrected chi connectivity index (χ0v) is 35.0. The average Bonchev–Trinajstić information content (AvgIpc) is 3.74. The highest BCUT2D eigenvalue weighted by Crippen LogP contribution is 2.46. The number of nitrogens with zero attached hydrogens (tertiary/aromatic N) is 6. The minimum atomic E-state index is -1.02. The molecule has 1 aliphatic heterocycles. The first-order chi connectivity index (χ1) is 26.6. The van der Waals surface area contributed by atoms with Gasteiger partial charge in [-0.05, 0) is 109 Å². The number of fused-ring (bicyclic) bond motifs is 4. The fourth-order valence-electron chi connectivity index (χ4n) is 8.36. The van der Waals surface area contributed by atoms with Crippen molar-refractivity contribution in [3.8, 4) is 16.9 Å². The van der Waals surface area contributed by atoms with Gasteiger partial charge >= 0.3 is 5.97 Å². The van der Waals surface area contributed by atoms with Crippen molar-refractivity contribution in [1.82, 2.24) is 23.8 Å². The molecule has 0 saturated heterocycles. The third-order valence-corrected chi connectivity index (χ3v) is 11.9. The van der Waals surface area contributed by atoms with Gasteiger partial charge in [0.25, 0.3) is 5.91 Å². The fraction of sp³-hybridized carbons (Fsp3) is 0.372. The van der Waals surface area contributed by atoms with E-state index in [0.29, 0.717) is 59.8 Å². The third-order valence-electron chi connectivity index (χ3n) is 11.0. The quantitative estimate of drug-likeness (QED) is 0.119. The maximum atomic E-state index is 15.4. The van der Waals surface area contributed by atoms with E-state index >= 15 is 4.79 Å². The summed E-state index contributed by atoms with van der Waals surface area (Å²) in [5.74, 6) is -0.429. The predicted octanol–water partition coefficient (Wildman–Crippen LogP) is 8.98. The van der Waals surface area contributed by atoms with Gasteiger partial charge in [-0.1, -0.05) is 29.3 Å². The number of carbonyl (C=O) groups excluding carboxylic acids is 1. The van der Waals surface area contributed by atoms with Gasteiger partial charge in [0.1, 0.15) is 11.4 Å². The Bertz CT molecular complexity index is 2520. The zero-order valence-electron chi connectivity index (χ0n) is 33.5. The van der Waals surface area contributed by atoms with Crippen molar-refractivity contribution in [3.05, 3.63) is 92.0 Å². The minimum absolute atomic E-state index is 0.161. The lowest BCUT2D eigenvalue weighted by molar-refractivity contribution is 0.0698. The lowest BCUT2D eigenvalue weighted by Crippen LogP contribution is -2.43. The smallest absolute Gasteiger partial charge is 0.337 e. The number of ether oxygens (including phenoxy) is 1. The molecule has 0 spiro atoms. The Labute approximate surface area is 337 Å². The molecule has 0 bridgehead atoms. The summed E-state index contributed by atoms with van der Waals surface area (Å²) in [6, 6.07) is 11.5. The number of carbonyl (C=O) groups is 2. The molecule has 1 atom stereocenters. The van der Waals surface area contributed by atoms with Crippen LogP contribution < -0.4 is 15.0 Å². The van der Waals surface area contributed by atoms with Crippen molar-refractivity contribution in [3.63, 3.8) is 0 Å². The maximum Gasteiger partial charge on any atom is 0.337 e. The number of aryl methyl sites for hydroxylation is 6. The lowest BCUT2D eigenvalue weighted by atomic mass is 9.98. The maximum absolute atomic E-state index is 15.4. The standard InChI is InChI=1S/C43H49Cl2N7O4/c1-23-17-29(18-24(2)38(23)45)56-16-10-11-30-31-12-13-34(44)37(36-26(4)47-50(9)27(36)5)40(31)52-25(3)21-51(42(53)41(30)52)35-20-28(46-14-15-48(6)7)19-32-33(43(54)55)22-49(8)39(32)35/h12-13,17-20,22,25,46H,10-11,14-16,21H2,1-9H3,(H,54,55)/t25-/m1/s1. The van der Waals surface area contributed by atoms with Crippen molar-refractivity contribution in [2.24, 2.45) is 14.1 Å². The highest BCUT2D eigenvalue weighted by atomic mass is 35.5. The van der Waals surface area contributed by atoms with Crippen LogP contribution in [0.25, 0.3) is 32.9 Å². The number of halogens is 2. The Morgan fingerprint density at radius 3 is 2.38 bits per heavy atom. The molecule has 7 rings (SSSR count). The van der Waals surface area contributed by atoms with Gasteiger partial charge in [0.05, 0.1) is 39.6 Å².